The molecule has 0 saturated heterocycles. The molecule has 2 heterocycles. The average Bonchev–Trinajstić information content (AvgIpc) is 3.30. The van der Waals surface area contributed by atoms with Gasteiger partial charge in [0.2, 0.25) is 0 Å². The van der Waals surface area contributed by atoms with Crippen LogP contribution in [0.5, 0.6) is 0 Å². The Hall–Kier alpha value is -2.43. The first kappa shape index (κ1) is 19.9. The maximum Gasteiger partial charge on any atom is 0.191 e. The summed E-state index contributed by atoms with van der Waals surface area (Å²) < 4.78 is 3.72. The fraction of sp³-hybridized carbons (Fsp3) is 0.294. The predicted octanol–water partition coefficient (Wildman–Crippen LogP) is 1.53. The Morgan fingerprint density at radius 2 is 2.00 bits per heavy atom. The molecule has 0 fully saturated rings. The first-order chi connectivity index (χ1) is 12.3. The third kappa shape index (κ3) is 5.28. The van der Waals surface area contributed by atoms with E-state index in [4.69, 9.17) is 0 Å². The Kier molecular flexibility index (Phi) is 7.57. The number of guanidine groups is 1. The number of nitrogens with one attached hydrogen (secondary N) is 2. The van der Waals surface area contributed by atoms with Gasteiger partial charge in [0.25, 0.3) is 0 Å². The van der Waals surface area contributed by atoms with E-state index in [2.05, 4.69) is 55.2 Å². The van der Waals surface area contributed by atoms with Crippen LogP contribution < -0.4 is 10.6 Å². The lowest BCUT2D eigenvalue weighted by Gasteiger charge is -2.11. The van der Waals surface area contributed by atoms with Gasteiger partial charge in [-0.2, -0.15) is 5.10 Å². The van der Waals surface area contributed by atoms with Crippen molar-refractivity contribution >= 4 is 29.9 Å². The van der Waals surface area contributed by atoms with Gasteiger partial charge in [-0.3, -0.25) is 4.99 Å². The van der Waals surface area contributed by atoms with E-state index in [9.17, 15) is 0 Å². The molecular weight excluding hydrogens is 443 g/mol. The van der Waals surface area contributed by atoms with Crippen molar-refractivity contribution < 1.29 is 0 Å². The predicted molar refractivity (Wildman–Crippen MR) is 112 cm³/mol. The number of nitrogens with zero attached hydrogens (tertiary/aromatic N) is 6. The molecular formula is C17H23IN8. The van der Waals surface area contributed by atoms with Crippen LogP contribution in [0, 0.1) is 0 Å². The Balaban J connectivity index is 0.00000243. The second kappa shape index (κ2) is 9.90. The average molecular weight is 466 g/mol. The smallest absolute Gasteiger partial charge is 0.191 e. The number of halogens is 1. The summed E-state index contributed by atoms with van der Waals surface area (Å²) in [7, 11) is 3.67. The lowest BCUT2D eigenvalue weighted by atomic mass is 10.1. The van der Waals surface area contributed by atoms with Gasteiger partial charge in [-0.05, 0) is 30.2 Å². The van der Waals surface area contributed by atoms with Gasteiger partial charge in [0.05, 0.1) is 12.2 Å². The normalized spacial score (nSPS) is 11.1. The Labute approximate surface area is 169 Å². The standard InChI is InChI=1S/C17H22N8.HI/c1-18-17(20-12-16-23-21-13-24(16)2)19-10-8-14-4-6-15(7-5-14)25-11-3-9-22-25;/h3-7,9,11,13H,8,10,12H2,1-2H3,(H2,18,19,20);1H. The van der Waals surface area contributed by atoms with Crippen molar-refractivity contribution in [3.05, 3.63) is 60.4 Å². The van der Waals surface area contributed by atoms with Crippen molar-refractivity contribution in [2.45, 2.75) is 13.0 Å². The van der Waals surface area contributed by atoms with E-state index in [0.717, 1.165) is 30.4 Å². The first-order valence-electron chi connectivity index (χ1n) is 8.12. The van der Waals surface area contributed by atoms with Gasteiger partial charge in [0.15, 0.2) is 11.8 Å². The molecule has 0 atom stereocenters. The highest BCUT2D eigenvalue weighted by Crippen LogP contribution is 2.08. The molecule has 9 heteroatoms. The van der Waals surface area contributed by atoms with Crippen LogP contribution in [0.3, 0.4) is 0 Å². The summed E-state index contributed by atoms with van der Waals surface area (Å²) in [5.41, 5.74) is 2.31. The van der Waals surface area contributed by atoms with Crippen molar-refractivity contribution in [2.24, 2.45) is 12.0 Å². The maximum atomic E-state index is 4.23. The first-order valence-corrected chi connectivity index (χ1v) is 8.12. The second-order valence-corrected chi connectivity index (χ2v) is 5.58. The summed E-state index contributed by atoms with van der Waals surface area (Å²) in [6, 6.07) is 10.3. The fourth-order valence-electron chi connectivity index (χ4n) is 2.41. The van der Waals surface area contributed by atoms with Crippen LogP contribution in [-0.2, 0) is 20.0 Å². The third-order valence-electron chi connectivity index (χ3n) is 3.85. The van der Waals surface area contributed by atoms with E-state index in [1.54, 1.807) is 19.6 Å². The zero-order valence-electron chi connectivity index (χ0n) is 14.8. The summed E-state index contributed by atoms with van der Waals surface area (Å²) in [6.07, 6.45) is 6.30. The monoisotopic (exact) mass is 466 g/mol. The molecule has 1 aromatic carbocycles. The molecule has 26 heavy (non-hydrogen) atoms. The van der Waals surface area contributed by atoms with E-state index in [0.29, 0.717) is 6.54 Å². The lowest BCUT2D eigenvalue weighted by Crippen LogP contribution is -2.38. The van der Waals surface area contributed by atoms with Gasteiger partial charge in [-0.1, -0.05) is 12.1 Å². The molecule has 0 unspecified atom stereocenters. The molecule has 0 aliphatic heterocycles. The summed E-state index contributed by atoms with van der Waals surface area (Å²) >= 11 is 0. The summed E-state index contributed by atoms with van der Waals surface area (Å²) in [6.45, 7) is 1.37. The zero-order chi connectivity index (χ0) is 17.5. The van der Waals surface area contributed by atoms with Gasteiger partial charge in [0.1, 0.15) is 6.33 Å². The Bertz CT molecular complexity index is 808. The van der Waals surface area contributed by atoms with Crippen molar-refractivity contribution in [3.8, 4) is 5.69 Å². The second-order valence-electron chi connectivity index (χ2n) is 5.58. The maximum absolute atomic E-state index is 4.23. The van der Waals surface area contributed by atoms with Crippen molar-refractivity contribution in [2.75, 3.05) is 13.6 Å². The van der Waals surface area contributed by atoms with Gasteiger partial charge >= 0.3 is 0 Å². The topological polar surface area (TPSA) is 84.9 Å². The van der Waals surface area contributed by atoms with E-state index in [1.807, 2.05) is 28.6 Å². The fourth-order valence-corrected chi connectivity index (χ4v) is 2.41. The molecule has 2 N–H and O–H groups in total. The number of hydrogen-bond donors (Lipinski definition) is 2. The van der Waals surface area contributed by atoms with Gasteiger partial charge in [0, 0.05) is 33.0 Å². The van der Waals surface area contributed by atoms with Gasteiger partial charge in [-0.15, -0.1) is 34.2 Å². The molecule has 0 aliphatic rings. The molecule has 138 valence electrons. The molecule has 0 saturated carbocycles. The third-order valence-corrected chi connectivity index (χ3v) is 3.85. The van der Waals surface area contributed by atoms with Crippen molar-refractivity contribution in [1.29, 1.82) is 0 Å². The Morgan fingerprint density at radius 3 is 2.62 bits per heavy atom. The minimum Gasteiger partial charge on any atom is -0.356 e. The summed E-state index contributed by atoms with van der Waals surface area (Å²) in [4.78, 5) is 4.22. The minimum atomic E-state index is 0. The van der Waals surface area contributed by atoms with E-state index in [-0.39, 0.29) is 24.0 Å². The molecule has 0 aliphatic carbocycles. The van der Waals surface area contributed by atoms with Crippen LogP contribution in [0.2, 0.25) is 0 Å². The molecule has 3 aromatic rings. The van der Waals surface area contributed by atoms with Crippen LogP contribution in [0.15, 0.2) is 54.0 Å². The molecule has 0 radical (unpaired) electrons. The highest BCUT2D eigenvalue weighted by molar-refractivity contribution is 14.0. The van der Waals surface area contributed by atoms with Crippen LogP contribution in [-0.4, -0.2) is 44.1 Å². The van der Waals surface area contributed by atoms with Crippen LogP contribution in [0.25, 0.3) is 5.69 Å². The van der Waals surface area contributed by atoms with Crippen LogP contribution >= 0.6 is 24.0 Å². The number of hydrogen-bond acceptors (Lipinski definition) is 4. The number of benzene rings is 1. The lowest BCUT2D eigenvalue weighted by molar-refractivity contribution is 0.723. The van der Waals surface area contributed by atoms with E-state index >= 15 is 0 Å². The quantitative estimate of drug-likeness (QED) is 0.327. The highest BCUT2D eigenvalue weighted by Gasteiger charge is 2.03. The summed E-state index contributed by atoms with van der Waals surface area (Å²) in [5, 5.41) is 18.7. The van der Waals surface area contributed by atoms with Gasteiger partial charge < -0.3 is 15.2 Å². The van der Waals surface area contributed by atoms with Crippen LogP contribution in [0.1, 0.15) is 11.4 Å². The molecule has 0 amide bonds. The summed E-state index contributed by atoms with van der Waals surface area (Å²) in [5.74, 6) is 1.60. The molecule has 0 bridgehead atoms. The van der Waals surface area contributed by atoms with Crippen molar-refractivity contribution in [1.82, 2.24) is 35.2 Å². The minimum absolute atomic E-state index is 0. The number of aromatic nitrogens is 5. The molecule has 3 rings (SSSR count). The van der Waals surface area contributed by atoms with Gasteiger partial charge in [-0.25, -0.2) is 4.68 Å². The van der Waals surface area contributed by atoms with E-state index < -0.39 is 0 Å². The molecule has 0 spiro atoms. The highest BCUT2D eigenvalue weighted by atomic mass is 127. The number of rotatable bonds is 6. The Morgan fingerprint density at radius 1 is 1.19 bits per heavy atom. The van der Waals surface area contributed by atoms with E-state index in [1.165, 1.54) is 5.56 Å². The zero-order valence-corrected chi connectivity index (χ0v) is 17.2. The molecule has 8 nitrogen and oxygen atoms in total. The number of aryl methyl sites for hydroxylation is 1. The largest absolute Gasteiger partial charge is 0.356 e. The molecule has 2 aromatic heterocycles. The van der Waals surface area contributed by atoms with Crippen molar-refractivity contribution in [3.63, 3.8) is 0 Å². The van der Waals surface area contributed by atoms with Crippen LogP contribution in [0.4, 0.5) is 0 Å². The number of aliphatic imine (C=N–C) groups is 1. The SMILES string of the molecule is CN=C(NCCc1ccc(-n2cccn2)cc1)NCc1nncn1C.I.